The van der Waals surface area contributed by atoms with Crippen molar-refractivity contribution in [1.82, 2.24) is 14.6 Å². The van der Waals surface area contributed by atoms with E-state index in [-0.39, 0.29) is 5.75 Å². The summed E-state index contributed by atoms with van der Waals surface area (Å²) in [6, 6.07) is 11.1. The lowest BCUT2D eigenvalue weighted by atomic mass is 9.98. The second kappa shape index (κ2) is 12.4. The number of aliphatic hydroxyl groups excluding tert-OH is 1. The van der Waals surface area contributed by atoms with Crippen molar-refractivity contribution in [3.8, 4) is 5.75 Å². The SMILES string of the molecule is CC(C)OC(=O)C(C)NP(=O)(OCC1(C(F)F)OC(n2ccc(=O)[nH]c2=O)C(O)C1F)Oc1ccc2ccccc2c1. The van der Waals surface area contributed by atoms with Crippen LogP contribution in [-0.2, 0) is 23.4 Å². The molecule has 0 saturated carbocycles. The zero-order valence-electron chi connectivity index (χ0n) is 22.6. The van der Waals surface area contributed by atoms with E-state index < -0.39 is 74.2 Å². The van der Waals surface area contributed by atoms with E-state index in [1.54, 1.807) is 44.2 Å². The molecular weight excluding hydrogens is 586 g/mol. The summed E-state index contributed by atoms with van der Waals surface area (Å²) >= 11 is 0. The lowest BCUT2D eigenvalue weighted by Gasteiger charge is -2.31. The quantitative estimate of drug-likeness (QED) is 0.216. The fraction of sp³-hybridized carbons (Fsp3) is 0.423. The van der Waals surface area contributed by atoms with Crippen molar-refractivity contribution in [3.05, 3.63) is 75.6 Å². The number of carbonyl (C=O) groups is 1. The van der Waals surface area contributed by atoms with Gasteiger partial charge in [-0.15, -0.1) is 0 Å². The summed E-state index contributed by atoms with van der Waals surface area (Å²) in [5.74, 6) is -0.908. The number of halogens is 3. The van der Waals surface area contributed by atoms with E-state index in [0.717, 1.165) is 17.6 Å². The average molecular weight is 615 g/mol. The zero-order chi connectivity index (χ0) is 30.8. The molecule has 0 spiro atoms. The number of hydrogen-bond donors (Lipinski definition) is 3. The number of benzene rings is 2. The molecule has 2 heterocycles. The molecule has 6 atom stereocenters. The maximum absolute atomic E-state index is 15.4. The van der Waals surface area contributed by atoms with Gasteiger partial charge in [-0.25, -0.2) is 22.5 Å². The molecule has 1 saturated heterocycles. The molecule has 0 aliphatic carbocycles. The maximum Gasteiger partial charge on any atom is 0.459 e. The average Bonchev–Trinajstić information content (AvgIpc) is 3.17. The number of H-pyrrole nitrogens is 1. The summed E-state index contributed by atoms with van der Waals surface area (Å²) < 4.78 is 79.9. The van der Waals surface area contributed by atoms with Gasteiger partial charge in [0.15, 0.2) is 18.0 Å². The highest BCUT2D eigenvalue weighted by Crippen LogP contribution is 2.50. The minimum absolute atomic E-state index is 0.0399. The van der Waals surface area contributed by atoms with E-state index in [1.807, 2.05) is 4.98 Å². The first-order chi connectivity index (χ1) is 19.7. The van der Waals surface area contributed by atoms with Crippen molar-refractivity contribution < 1.29 is 46.2 Å². The number of rotatable bonds is 11. The molecule has 4 rings (SSSR count). The lowest BCUT2D eigenvalue weighted by molar-refractivity contribution is -0.183. The van der Waals surface area contributed by atoms with Crippen LogP contribution in [0.5, 0.6) is 5.75 Å². The molecular formula is C26H29F3N3O9P. The molecule has 1 fully saturated rings. The molecule has 1 aromatic heterocycles. The van der Waals surface area contributed by atoms with E-state index in [0.29, 0.717) is 9.95 Å². The Morgan fingerprint density at radius 2 is 1.86 bits per heavy atom. The summed E-state index contributed by atoms with van der Waals surface area (Å²) in [6.07, 6.45) is -10.6. The Bertz CT molecular complexity index is 1600. The van der Waals surface area contributed by atoms with E-state index in [2.05, 4.69) is 5.09 Å². The van der Waals surface area contributed by atoms with E-state index in [1.165, 1.54) is 19.1 Å². The van der Waals surface area contributed by atoms with Gasteiger partial charge in [-0.2, -0.15) is 5.09 Å². The van der Waals surface area contributed by atoms with Gasteiger partial charge in [0.1, 0.15) is 17.9 Å². The summed E-state index contributed by atoms with van der Waals surface area (Å²) in [6.45, 7) is 2.96. The van der Waals surface area contributed by atoms with E-state index in [9.17, 15) is 32.8 Å². The molecule has 3 N–H and O–H groups in total. The number of aromatic nitrogens is 2. The summed E-state index contributed by atoms with van der Waals surface area (Å²) in [7, 11) is -4.79. The van der Waals surface area contributed by atoms with Gasteiger partial charge in [-0.1, -0.05) is 30.3 Å². The predicted octanol–water partition coefficient (Wildman–Crippen LogP) is 3.05. The molecule has 16 heteroatoms. The van der Waals surface area contributed by atoms with Gasteiger partial charge in [-0.05, 0) is 43.7 Å². The van der Waals surface area contributed by atoms with Crippen LogP contribution in [0.4, 0.5) is 13.2 Å². The van der Waals surface area contributed by atoms with E-state index >= 15 is 4.39 Å². The Labute approximate surface area is 236 Å². The number of aromatic amines is 1. The first kappa shape index (κ1) is 31.4. The molecule has 12 nitrogen and oxygen atoms in total. The Balaban J connectivity index is 1.65. The normalized spacial score (nSPS) is 24.5. The number of carbonyl (C=O) groups excluding carboxylic acids is 1. The Kier molecular flexibility index (Phi) is 9.28. The summed E-state index contributed by atoms with van der Waals surface area (Å²) in [4.78, 5) is 37.9. The van der Waals surface area contributed by atoms with Crippen molar-refractivity contribution in [3.63, 3.8) is 0 Å². The standard InChI is InChI=1S/C26H29F3N3O9P/c1-14(2)39-23(35)15(3)31-42(37,41-18-9-8-16-6-4-5-7-17(16)12-18)38-13-26(24(28)29)21(27)20(34)22(40-26)32-11-10-19(33)30-25(32)36/h4-12,14-15,20-22,24,34H,13H2,1-3H3,(H,31,37)(H,30,33,36). The molecule has 42 heavy (non-hydrogen) atoms. The van der Waals surface area contributed by atoms with Crippen LogP contribution in [0, 0.1) is 0 Å². The monoisotopic (exact) mass is 615 g/mol. The molecule has 1 aliphatic rings. The highest BCUT2D eigenvalue weighted by atomic mass is 31.2. The highest BCUT2D eigenvalue weighted by Gasteiger charge is 2.63. The van der Waals surface area contributed by atoms with Crippen LogP contribution in [0.1, 0.15) is 27.0 Å². The summed E-state index contributed by atoms with van der Waals surface area (Å²) in [5, 5.41) is 14.2. The number of nitrogens with one attached hydrogen (secondary N) is 2. The molecule has 0 radical (unpaired) electrons. The second-order valence-electron chi connectivity index (χ2n) is 9.88. The first-order valence-corrected chi connectivity index (χ1v) is 14.3. The van der Waals surface area contributed by atoms with Gasteiger partial charge < -0.3 is 19.1 Å². The minimum atomic E-state index is -4.79. The lowest BCUT2D eigenvalue weighted by Crippen LogP contribution is -2.51. The van der Waals surface area contributed by atoms with Crippen molar-refractivity contribution in [2.45, 2.75) is 63.4 Å². The van der Waals surface area contributed by atoms with Crippen LogP contribution in [0.15, 0.2) is 64.3 Å². The maximum atomic E-state index is 15.4. The van der Waals surface area contributed by atoms with Crippen LogP contribution >= 0.6 is 7.75 Å². The fourth-order valence-electron chi connectivity index (χ4n) is 4.25. The largest absolute Gasteiger partial charge is 0.462 e. The zero-order valence-corrected chi connectivity index (χ0v) is 23.5. The Morgan fingerprint density at radius 1 is 1.17 bits per heavy atom. The van der Waals surface area contributed by atoms with Gasteiger partial charge >= 0.3 is 19.4 Å². The fourth-order valence-corrected chi connectivity index (χ4v) is 5.78. The van der Waals surface area contributed by atoms with Crippen molar-refractivity contribution in [1.29, 1.82) is 0 Å². The second-order valence-corrected chi connectivity index (χ2v) is 11.6. The molecule has 1 aliphatic heterocycles. The van der Waals surface area contributed by atoms with Gasteiger partial charge in [-0.3, -0.25) is 23.7 Å². The third-order valence-corrected chi connectivity index (χ3v) is 7.98. The van der Waals surface area contributed by atoms with Gasteiger partial charge in [0.25, 0.3) is 12.0 Å². The molecule has 2 aromatic carbocycles. The first-order valence-electron chi connectivity index (χ1n) is 12.8. The molecule has 0 amide bonds. The van der Waals surface area contributed by atoms with Gasteiger partial charge in [0, 0.05) is 12.3 Å². The van der Waals surface area contributed by atoms with Gasteiger partial charge in [0.2, 0.25) is 0 Å². The topological polar surface area (TPSA) is 158 Å². The molecule has 228 valence electrons. The van der Waals surface area contributed by atoms with E-state index in [4.69, 9.17) is 18.5 Å². The molecule has 0 bridgehead atoms. The number of hydrogen-bond acceptors (Lipinski definition) is 9. The number of fused-ring (bicyclic) bond motifs is 1. The smallest absolute Gasteiger partial charge is 0.459 e. The number of aliphatic hydroxyl groups is 1. The number of alkyl halides is 3. The Morgan fingerprint density at radius 3 is 2.50 bits per heavy atom. The van der Waals surface area contributed by atoms with Crippen molar-refractivity contribution >= 4 is 24.5 Å². The third kappa shape index (κ3) is 6.60. The van der Waals surface area contributed by atoms with Crippen LogP contribution in [0.25, 0.3) is 10.8 Å². The number of nitrogens with zero attached hydrogens (tertiary/aromatic N) is 1. The predicted molar refractivity (Wildman–Crippen MR) is 143 cm³/mol. The minimum Gasteiger partial charge on any atom is -0.462 e. The van der Waals surface area contributed by atoms with Crippen LogP contribution in [0.2, 0.25) is 0 Å². The Hall–Kier alpha value is -3.49. The number of esters is 1. The number of ether oxygens (including phenoxy) is 2. The van der Waals surface area contributed by atoms with Crippen molar-refractivity contribution in [2.75, 3.05) is 6.61 Å². The van der Waals surface area contributed by atoms with Crippen LogP contribution in [0.3, 0.4) is 0 Å². The van der Waals surface area contributed by atoms with Crippen molar-refractivity contribution in [2.24, 2.45) is 0 Å². The summed E-state index contributed by atoms with van der Waals surface area (Å²) in [5.41, 5.74) is -5.23. The highest BCUT2D eigenvalue weighted by molar-refractivity contribution is 7.52. The van der Waals surface area contributed by atoms with Crippen LogP contribution in [-0.4, -0.2) is 63.7 Å². The van der Waals surface area contributed by atoms with Gasteiger partial charge in [0.05, 0.1) is 12.7 Å². The van der Waals surface area contributed by atoms with Crippen LogP contribution < -0.4 is 20.9 Å². The third-order valence-electron chi connectivity index (χ3n) is 6.36. The molecule has 6 unspecified atom stereocenters. The molecule has 3 aromatic rings.